The van der Waals surface area contributed by atoms with Gasteiger partial charge >= 0.3 is 0 Å². The second-order valence-electron chi connectivity index (χ2n) is 5.69. The molecule has 0 spiro atoms. The number of benzene rings is 2. The van der Waals surface area contributed by atoms with Crippen molar-refractivity contribution in [2.24, 2.45) is 5.10 Å². The average Bonchev–Trinajstić information content (AvgIpc) is 2.68. The van der Waals surface area contributed by atoms with E-state index >= 15 is 0 Å². The van der Waals surface area contributed by atoms with Crippen LogP contribution < -0.4 is 15.5 Å². The van der Waals surface area contributed by atoms with Gasteiger partial charge in [-0.3, -0.25) is 14.9 Å². The highest BCUT2D eigenvalue weighted by Crippen LogP contribution is 2.33. The third-order valence-corrected chi connectivity index (χ3v) is 4.53. The van der Waals surface area contributed by atoms with Crippen LogP contribution in [0, 0.1) is 13.7 Å². The highest BCUT2D eigenvalue weighted by Gasteiger charge is 2.17. The smallest absolute Gasteiger partial charge is 0.274 e. The molecular formula is C18H19IN4O5. The first kappa shape index (κ1) is 21.4. The summed E-state index contributed by atoms with van der Waals surface area (Å²) in [6.45, 7) is 1.85. The number of amides is 1. The Bertz CT molecular complexity index is 886. The van der Waals surface area contributed by atoms with E-state index in [1.54, 1.807) is 0 Å². The number of non-ortho nitro benzene ring substituents is 1. The van der Waals surface area contributed by atoms with Gasteiger partial charge in [0.05, 0.1) is 24.3 Å². The molecule has 0 aliphatic rings. The third kappa shape index (κ3) is 5.55. The summed E-state index contributed by atoms with van der Waals surface area (Å²) >= 11 is 2.19. The molecule has 9 nitrogen and oxygen atoms in total. The molecule has 148 valence electrons. The molecule has 0 heterocycles. The van der Waals surface area contributed by atoms with E-state index in [1.807, 2.05) is 31.2 Å². The van der Waals surface area contributed by atoms with Gasteiger partial charge in [-0.25, -0.2) is 5.43 Å². The number of anilines is 1. The highest BCUT2D eigenvalue weighted by atomic mass is 127. The Morgan fingerprint density at radius 2 is 2.07 bits per heavy atom. The lowest BCUT2D eigenvalue weighted by atomic mass is 10.1. The van der Waals surface area contributed by atoms with E-state index in [1.165, 1.54) is 7.11 Å². The van der Waals surface area contributed by atoms with E-state index in [-0.39, 0.29) is 28.7 Å². The Morgan fingerprint density at radius 3 is 2.64 bits per heavy atom. The molecule has 28 heavy (non-hydrogen) atoms. The van der Waals surface area contributed by atoms with Gasteiger partial charge < -0.3 is 15.2 Å². The zero-order chi connectivity index (χ0) is 20.7. The van der Waals surface area contributed by atoms with Crippen molar-refractivity contribution in [3.8, 4) is 11.5 Å². The maximum Gasteiger partial charge on any atom is 0.274 e. The molecule has 2 aromatic carbocycles. The maximum atomic E-state index is 12.3. The van der Waals surface area contributed by atoms with E-state index in [9.17, 15) is 20.0 Å². The number of methoxy groups -OCH3 is 1. The van der Waals surface area contributed by atoms with Crippen molar-refractivity contribution < 1.29 is 19.6 Å². The van der Waals surface area contributed by atoms with E-state index in [0.29, 0.717) is 6.42 Å². The lowest BCUT2D eigenvalue weighted by Gasteiger charge is -2.16. The van der Waals surface area contributed by atoms with Gasteiger partial charge in [0.1, 0.15) is 6.04 Å². The SMILES string of the molecule is CCC(Nc1ccc(I)cc1)C(=O)N/N=C/c1cc([N+](=O)[O-])cc(OC)c1O. The molecule has 1 unspecified atom stereocenters. The molecule has 0 fully saturated rings. The van der Waals surface area contributed by atoms with Gasteiger partial charge in [0, 0.05) is 20.9 Å². The predicted molar refractivity (Wildman–Crippen MR) is 114 cm³/mol. The normalized spacial score (nSPS) is 11.8. The molecule has 2 aromatic rings. The molecule has 0 aromatic heterocycles. The Hall–Kier alpha value is -2.89. The van der Waals surface area contributed by atoms with Crippen LogP contribution in [0.1, 0.15) is 18.9 Å². The number of aromatic hydroxyl groups is 1. The summed E-state index contributed by atoms with van der Waals surface area (Å²) in [7, 11) is 1.28. The van der Waals surface area contributed by atoms with Crippen LogP contribution in [0.3, 0.4) is 0 Å². The zero-order valence-electron chi connectivity index (χ0n) is 15.2. The number of rotatable bonds is 8. The molecular weight excluding hydrogens is 479 g/mol. The van der Waals surface area contributed by atoms with Crippen LogP contribution in [0.15, 0.2) is 41.5 Å². The summed E-state index contributed by atoms with van der Waals surface area (Å²) in [5.74, 6) is -0.752. The second-order valence-corrected chi connectivity index (χ2v) is 6.93. The van der Waals surface area contributed by atoms with Crippen LogP contribution in [0.2, 0.25) is 0 Å². The fourth-order valence-electron chi connectivity index (χ4n) is 2.32. The first-order chi connectivity index (χ1) is 13.3. The molecule has 1 amide bonds. The Balaban J connectivity index is 2.10. The van der Waals surface area contributed by atoms with Crippen molar-refractivity contribution in [3.63, 3.8) is 0 Å². The number of halogens is 1. The van der Waals surface area contributed by atoms with Crippen LogP contribution in [0.5, 0.6) is 11.5 Å². The number of phenols is 1. The number of nitro benzene ring substituents is 1. The Labute approximate surface area is 175 Å². The van der Waals surface area contributed by atoms with Crippen molar-refractivity contribution in [2.75, 3.05) is 12.4 Å². The van der Waals surface area contributed by atoms with Crippen molar-refractivity contribution in [2.45, 2.75) is 19.4 Å². The number of ether oxygens (including phenoxy) is 1. The summed E-state index contributed by atoms with van der Waals surface area (Å²) < 4.78 is 6.00. The molecule has 0 radical (unpaired) electrons. The molecule has 0 aliphatic heterocycles. The quantitative estimate of drug-likeness (QED) is 0.222. The van der Waals surface area contributed by atoms with E-state index in [0.717, 1.165) is 27.6 Å². The van der Waals surface area contributed by atoms with Gasteiger partial charge in [0.25, 0.3) is 11.6 Å². The summed E-state index contributed by atoms with van der Waals surface area (Å²) in [5.41, 5.74) is 2.95. The first-order valence-electron chi connectivity index (χ1n) is 8.26. The molecule has 0 aliphatic carbocycles. The number of nitrogens with one attached hydrogen (secondary N) is 2. The van der Waals surface area contributed by atoms with Gasteiger partial charge in [-0.1, -0.05) is 6.92 Å². The lowest BCUT2D eigenvalue weighted by Crippen LogP contribution is -2.36. The van der Waals surface area contributed by atoms with Crippen molar-refractivity contribution >= 4 is 46.1 Å². The molecule has 2 rings (SSSR count). The minimum atomic E-state index is -0.615. The van der Waals surface area contributed by atoms with Gasteiger partial charge in [0.15, 0.2) is 11.5 Å². The van der Waals surface area contributed by atoms with Crippen LogP contribution in [0.4, 0.5) is 11.4 Å². The van der Waals surface area contributed by atoms with Crippen LogP contribution in [-0.2, 0) is 4.79 Å². The summed E-state index contributed by atoms with van der Waals surface area (Å²) in [6, 6.07) is 9.29. The number of phenolic OH excluding ortho intramolecular Hbond substituents is 1. The minimum absolute atomic E-state index is 0.0463. The molecule has 10 heteroatoms. The number of carbonyl (C=O) groups excluding carboxylic acids is 1. The van der Waals surface area contributed by atoms with E-state index < -0.39 is 11.0 Å². The van der Waals surface area contributed by atoms with Crippen molar-refractivity contribution in [1.82, 2.24) is 5.43 Å². The summed E-state index contributed by atoms with van der Waals surface area (Å²) in [4.78, 5) is 22.7. The molecule has 3 N–H and O–H groups in total. The van der Waals surface area contributed by atoms with Gasteiger partial charge in [-0.2, -0.15) is 5.10 Å². The van der Waals surface area contributed by atoms with E-state index in [4.69, 9.17) is 4.74 Å². The van der Waals surface area contributed by atoms with Gasteiger partial charge in [-0.15, -0.1) is 0 Å². The average molecular weight is 498 g/mol. The van der Waals surface area contributed by atoms with Crippen LogP contribution >= 0.6 is 22.6 Å². The number of nitrogens with zero attached hydrogens (tertiary/aromatic N) is 2. The van der Waals surface area contributed by atoms with Gasteiger partial charge in [0.2, 0.25) is 0 Å². The van der Waals surface area contributed by atoms with Crippen LogP contribution in [-0.4, -0.2) is 35.3 Å². The van der Waals surface area contributed by atoms with Crippen molar-refractivity contribution in [3.05, 3.63) is 55.6 Å². The largest absolute Gasteiger partial charge is 0.504 e. The molecule has 0 bridgehead atoms. The fraction of sp³-hybridized carbons (Fsp3) is 0.222. The number of nitro groups is 1. The summed E-state index contributed by atoms with van der Waals surface area (Å²) in [5, 5.41) is 28.0. The van der Waals surface area contributed by atoms with E-state index in [2.05, 4.69) is 38.4 Å². The summed E-state index contributed by atoms with van der Waals surface area (Å²) in [6.07, 6.45) is 1.64. The molecule has 0 saturated heterocycles. The van der Waals surface area contributed by atoms with Crippen LogP contribution in [0.25, 0.3) is 0 Å². The predicted octanol–water partition coefficient (Wildman–Crippen LogP) is 3.25. The molecule has 1 atom stereocenters. The van der Waals surface area contributed by atoms with Gasteiger partial charge in [-0.05, 0) is 53.3 Å². The fourth-order valence-corrected chi connectivity index (χ4v) is 2.68. The number of hydrazone groups is 1. The Morgan fingerprint density at radius 1 is 1.39 bits per heavy atom. The first-order valence-corrected chi connectivity index (χ1v) is 9.34. The monoisotopic (exact) mass is 498 g/mol. The minimum Gasteiger partial charge on any atom is -0.504 e. The number of carbonyl (C=O) groups is 1. The number of hydrogen-bond donors (Lipinski definition) is 3. The molecule has 0 saturated carbocycles. The second kappa shape index (κ2) is 9.88. The maximum absolute atomic E-state index is 12.3. The van der Waals surface area contributed by atoms with Crippen molar-refractivity contribution in [1.29, 1.82) is 0 Å². The Kier molecular flexibility index (Phi) is 7.55. The third-order valence-electron chi connectivity index (χ3n) is 3.81. The lowest BCUT2D eigenvalue weighted by molar-refractivity contribution is -0.385. The highest BCUT2D eigenvalue weighted by molar-refractivity contribution is 14.1. The topological polar surface area (TPSA) is 126 Å². The standard InChI is InChI=1S/C18H19IN4O5/c1-3-15(21-13-6-4-12(19)5-7-13)18(25)22-20-10-11-8-14(23(26)27)9-16(28-2)17(11)24/h4-10,15,21,24H,3H2,1-2H3,(H,22,25)/b20-10+. The zero-order valence-corrected chi connectivity index (χ0v) is 17.3. The number of hydrogen-bond acceptors (Lipinski definition) is 7.